The van der Waals surface area contributed by atoms with Gasteiger partial charge in [0.25, 0.3) is 10.0 Å². The average Bonchev–Trinajstić information content (AvgIpc) is 2.92. The van der Waals surface area contributed by atoms with Crippen molar-refractivity contribution in [3.8, 4) is 0 Å². The van der Waals surface area contributed by atoms with E-state index in [-0.39, 0.29) is 17.3 Å². The summed E-state index contributed by atoms with van der Waals surface area (Å²) in [5.74, 6) is -0.805. The Balaban J connectivity index is 2.08. The molecule has 0 unspecified atom stereocenters. The molecule has 3 rings (SSSR count). The van der Waals surface area contributed by atoms with Crippen LogP contribution in [0.1, 0.15) is 43.4 Å². The Hall–Kier alpha value is -3.07. The number of halogens is 2. The number of carbonyl (C=O) groups is 2. The summed E-state index contributed by atoms with van der Waals surface area (Å²) in [6.07, 6.45) is 1.09. The van der Waals surface area contributed by atoms with Crippen molar-refractivity contribution in [2.24, 2.45) is 0 Å². The van der Waals surface area contributed by atoms with E-state index < -0.39 is 28.5 Å². The fourth-order valence-electron chi connectivity index (χ4n) is 4.32. The zero-order valence-electron chi connectivity index (χ0n) is 23.2. The first kappa shape index (κ1) is 31.5. The first-order valence-corrected chi connectivity index (χ1v) is 15.3. The molecule has 7 nitrogen and oxygen atoms in total. The van der Waals surface area contributed by atoms with Crippen molar-refractivity contribution >= 4 is 50.7 Å². The summed E-state index contributed by atoms with van der Waals surface area (Å²) in [7, 11) is -4.16. The monoisotopic (exact) mass is 603 g/mol. The Morgan fingerprint density at radius 2 is 1.52 bits per heavy atom. The number of nitrogens with one attached hydrogen (secondary N) is 1. The second-order valence-corrected chi connectivity index (χ2v) is 12.4. The maximum atomic E-state index is 14.1. The third-order valence-corrected chi connectivity index (χ3v) is 8.78. The van der Waals surface area contributed by atoms with Crippen LogP contribution in [0.3, 0.4) is 0 Å². The first-order chi connectivity index (χ1) is 19.0. The molecule has 0 saturated carbocycles. The second-order valence-electron chi connectivity index (χ2n) is 9.62. The molecule has 2 amide bonds. The third kappa shape index (κ3) is 7.77. The number of rotatable bonds is 12. The molecule has 214 valence electrons. The van der Waals surface area contributed by atoms with Gasteiger partial charge >= 0.3 is 0 Å². The summed E-state index contributed by atoms with van der Waals surface area (Å²) in [6.45, 7) is 7.43. The SMILES string of the molecule is CCCNC(=O)[C@@H](CC)N(Cc1ccc(Cl)cc1)C(=O)CN(c1ccc(Cl)cc1C)S(=O)(=O)c1ccc(C)cc1. The van der Waals surface area contributed by atoms with Gasteiger partial charge in [0.15, 0.2) is 0 Å². The summed E-state index contributed by atoms with van der Waals surface area (Å²) in [4.78, 5) is 28.7. The lowest BCUT2D eigenvalue weighted by molar-refractivity contribution is -0.140. The lowest BCUT2D eigenvalue weighted by Gasteiger charge is -2.33. The molecule has 3 aromatic rings. The highest BCUT2D eigenvalue weighted by molar-refractivity contribution is 7.92. The summed E-state index contributed by atoms with van der Waals surface area (Å²) in [5.41, 5.74) is 2.58. The van der Waals surface area contributed by atoms with Gasteiger partial charge in [-0.1, -0.05) is 66.9 Å². The number of amides is 2. The number of benzene rings is 3. The van der Waals surface area contributed by atoms with Crippen molar-refractivity contribution in [2.45, 2.75) is 58.0 Å². The normalized spacial score (nSPS) is 12.1. The Morgan fingerprint density at radius 1 is 0.900 bits per heavy atom. The summed E-state index contributed by atoms with van der Waals surface area (Å²) in [6, 6.07) is 17.5. The topological polar surface area (TPSA) is 86.8 Å². The smallest absolute Gasteiger partial charge is 0.264 e. The minimum Gasteiger partial charge on any atom is -0.354 e. The minimum atomic E-state index is -4.16. The van der Waals surface area contributed by atoms with Crippen LogP contribution in [0, 0.1) is 13.8 Å². The van der Waals surface area contributed by atoms with Gasteiger partial charge in [0.05, 0.1) is 10.6 Å². The van der Waals surface area contributed by atoms with Crippen LogP contribution < -0.4 is 9.62 Å². The summed E-state index contributed by atoms with van der Waals surface area (Å²) >= 11 is 12.2. The molecule has 0 aliphatic carbocycles. The van der Waals surface area contributed by atoms with Gasteiger partial charge in [-0.3, -0.25) is 13.9 Å². The second kappa shape index (κ2) is 14.0. The number of carbonyl (C=O) groups excluding carboxylic acids is 2. The van der Waals surface area contributed by atoms with Crippen molar-refractivity contribution in [1.82, 2.24) is 10.2 Å². The lowest BCUT2D eigenvalue weighted by atomic mass is 10.1. The molecule has 0 bridgehead atoms. The van der Waals surface area contributed by atoms with Gasteiger partial charge in [-0.25, -0.2) is 8.42 Å². The Bertz CT molecular complexity index is 1430. The predicted molar refractivity (Wildman–Crippen MR) is 161 cm³/mol. The van der Waals surface area contributed by atoms with Crippen LogP contribution in [-0.2, 0) is 26.2 Å². The van der Waals surface area contributed by atoms with E-state index in [4.69, 9.17) is 23.2 Å². The van der Waals surface area contributed by atoms with Crippen molar-refractivity contribution < 1.29 is 18.0 Å². The fraction of sp³-hybridized carbons (Fsp3) is 0.333. The van der Waals surface area contributed by atoms with Gasteiger partial charge in [-0.05, 0) is 80.3 Å². The van der Waals surface area contributed by atoms with Crippen LogP contribution in [0.2, 0.25) is 10.0 Å². The highest BCUT2D eigenvalue weighted by Crippen LogP contribution is 2.30. The number of anilines is 1. The van der Waals surface area contributed by atoms with Crippen LogP contribution in [-0.4, -0.2) is 44.3 Å². The highest BCUT2D eigenvalue weighted by Gasteiger charge is 2.34. The Labute approximate surface area is 247 Å². The molecule has 0 saturated heterocycles. The van der Waals surface area contributed by atoms with Gasteiger partial charge in [-0.15, -0.1) is 0 Å². The third-order valence-electron chi connectivity index (χ3n) is 6.52. The van der Waals surface area contributed by atoms with Crippen LogP contribution >= 0.6 is 23.2 Å². The maximum Gasteiger partial charge on any atom is 0.264 e. The van der Waals surface area contributed by atoms with E-state index in [2.05, 4.69) is 5.32 Å². The molecule has 0 aromatic heterocycles. The zero-order chi connectivity index (χ0) is 29.4. The molecule has 0 heterocycles. The van der Waals surface area contributed by atoms with Crippen LogP contribution in [0.5, 0.6) is 0 Å². The molecular weight excluding hydrogens is 569 g/mol. The van der Waals surface area contributed by atoms with Crippen LogP contribution in [0.15, 0.2) is 71.6 Å². The molecule has 0 spiro atoms. The molecule has 0 fully saturated rings. The van der Waals surface area contributed by atoms with Crippen molar-refractivity contribution in [1.29, 1.82) is 0 Å². The van der Waals surface area contributed by atoms with Crippen molar-refractivity contribution in [3.63, 3.8) is 0 Å². The molecule has 40 heavy (non-hydrogen) atoms. The number of hydrogen-bond donors (Lipinski definition) is 1. The molecule has 1 N–H and O–H groups in total. The number of hydrogen-bond acceptors (Lipinski definition) is 4. The lowest BCUT2D eigenvalue weighted by Crippen LogP contribution is -2.52. The van der Waals surface area contributed by atoms with Gasteiger partial charge < -0.3 is 10.2 Å². The molecule has 0 radical (unpaired) electrons. The predicted octanol–water partition coefficient (Wildman–Crippen LogP) is 6.14. The quantitative estimate of drug-likeness (QED) is 0.269. The first-order valence-electron chi connectivity index (χ1n) is 13.1. The number of sulfonamides is 1. The van der Waals surface area contributed by atoms with Gasteiger partial charge in [0.2, 0.25) is 11.8 Å². The standard InChI is InChI=1S/C30H35Cl2N3O4S/c1-5-17-33-30(37)27(6-2)34(19-23-9-11-24(31)12-10-23)29(36)20-35(28-16-13-25(32)18-22(28)4)40(38,39)26-14-7-21(3)8-15-26/h7-16,18,27H,5-6,17,19-20H2,1-4H3,(H,33,37)/t27-/m1/s1. The van der Waals surface area contributed by atoms with Crippen LogP contribution in [0.25, 0.3) is 0 Å². The summed E-state index contributed by atoms with van der Waals surface area (Å²) < 4.78 is 29.1. The molecular formula is C30H35Cl2N3O4S. The van der Waals surface area contributed by atoms with Crippen LogP contribution in [0.4, 0.5) is 5.69 Å². The molecule has 3 aromatic carbocycles. The molecule has 10 heteroatoms. The van der Waals surface area contributed by atoms with Crippen molar-refractivity contribution in [2.75, 3.05) is 17.4 Å². The van der Waals surface area contributed by atoms with E-state index in [9.17, 15) is 18.0 Å². The highest BCUT2D eigenvalue weighted by atomic mass is 35.5. The summed E-state index contributed by atoms with van der Waals surface area (Å²) in [5, 5.41) is 3.87. The number of nitrogens with zero attached hydrogens (tertiary/aromatic N) is 2. The largest absolute Gasteiger partial charge is 0.354 e. The Morgan fingerprint density at radius 3 is 2.10 bits per heavy atom. The van der Waals surface area contributed by atoms with E-state index in [1.54, 1.807) is 61.5 Å². The van der Waals surface area contributed by atoms with Crippen molar-refractivity contribution in [3.05, 3.63) is 93.5 Å². The van der Waals surface area contributed by atoms with Gasteiger partial charge in [0, 0.05) is 23.1 Å². The minimum absolute atomic E-state index is 0.0530. The van der Waals surface area contributed by atoms with E-state index in [0.29, 0.717) is 34.3 Å². The molecule has 0 aliphatic rings. The fourth-order valence-corrected chi connectivity index (χ4v) is 6.15. The number of aryl methyl sites for hydroxylation is 2. The van der Waals surface area contributed by atoms with E-state index >= 15 is 0 Å². The zero-order valence-corrected chi connectivity index (χ0v) is 25.5. The average molecular weight is 605 g/mol. The van der Waals surface area contributed by atoms with Gasteiger partial charge in [-0.2, -0.15) is 0 Å². The van der Waals surface area contributed by atoms with E-state index in [0.717, 1.165) is 21.9 Å². The van der Waals surface area contributed by atoms with Gasteiger partial charge in [0.1, 0.15) is 12.6 Å². The van der Waals surface area contributed by atoms with E-state index in [1.807, 2.05) is 20.8 Å². The Kier molecular flexibility index (Phi) is 11.0. The molecule has 1 atom stereocenters. The van der Waals surface area contributed by atoms with E-state index in [1.165, 1.54) is 17.0 Å². The molecule has 0 aliphatic heterocycles. The maximum absolute atomic E-state index is 14.1.